The average molecular weight is 286 g/mol. The van der Waals surface area contributed by atoms with Crippen molar-refractivity contribution < 1.29 is 4.21 Å². The van der Waals surface area contributed by atoms with Gasteiger partial charge >= 0.3 is 0 Å². The SMILES string of the molecule is CCCNC1CCC(S(=O)c2cccc(Cl)c2)C1. The molecule has 1 aliphatic rings. The predicted molar refractivity (Wildman–Crippen MR) is 77.6 cm³/mol. The highest BCUT2D eigenvalue weighted by Gasteiger charge is 2.29. The maximum atomic E-state index is 12.4. The highest BCUT2D eigenvalue weighted by Crippen LogP contribution is 2.28. The van der Waals surface area contributed by atoms with Gasteiger partial charge in [-0.15, -0.1) is 0 Å². The summed E-state index contributed by atoms with van der Waals surface area (Å²) < 4.78 is 12.4. The van der Waals surface area contributed by atoms with E-state index in [0.717, 1.165) is 37.1 Å². The van der Waals surface area contributed by atoms with Crippen molar-refractivity contribution in [3.8, 4) is 0 Å². The zero-order valence-corrected chi connectivity index (χ0v) is 12.3. The summed E-state index contributed by atoms with van der Waals surface area (Å²) in [6.45, 7) is 3.23. The lowest BCUT2D eigenvalue weighted by Gasteiger charge is -2.12. The van der Waals surface area contributed by atoms with Crippen LogP contribution in [0.5, 0.6) is 0 Å². The van der Waals surface area contributed by atoms with Crippen LogP contribution in [-0.4, -0.2) is 22.0 Å². The van der Waals surface area contributed by atoms with E-state index in [1.54, 1.807) is 0 Å². The molecule has 4 heteroatoms. The molecule has 100 valence electrons. The Morgan fingerprint density at radius 1 is 1.44 bits per heavy atom. The summed E-state index contributed by atoms with van der Waals surface area (Å²) in [5.74, 6) is 0. The third-order valence-electron chi connectivity index (χ3n) is 3.40. The van der Waals surface area contributed by atoms with Crippen LogP contribution >= 0.6 is 11.6 Å². The normalized spacial score (nSPS) is 25.2. The molecule has 0 bridgehead atoms. The standard InChI is InChI=1S/C14H20ClNOS/c1-2-8-16-12-6-7-14(10-12)18(17)13-5-3-4-11(15)9-13/h3-5,9,12,14,16H,2,6-8,10H2,1H3. The summed E-state index contributed by atoms with van der Waals surface area (Å²) in [7, 11) is -0.920. The van der Waals surface area contributed by atoms with Crippen LogP contribution in [0.15, 0.2) is 29.2 Å². The molecule has 2 rings (SSSR count). The topological polar surface area (TPSA) is 29.1 Å². The highest BCUT2D eigenvalue weighted by atomic mass is 35.5. The van der Waals surface area contributed by atoms with Crippen LogP contribution in [-0.2, 0) is 10.8 Å². The van der Waals surface area contributed by atoms with Crippen LogP contribution in [0, 0.1) is 0 Å². The van der Waals surface area contributed by atoms with Crippen LogP contribution in [0.3, 0.4) is 0 Å². The summed E-state index contributed by atoms with van der Waals surface area (Å²) in [6, 6.07) is 7.97. The third kappa shape index (κ3) is 3.56. The average Bonchev–Trinajstić information content (AvgIpc) is 2.84. The van der Waals surface area contributed by atoms with Crippen LogP contribution in [0.4, 0.5) is 0 Å². The first-order valence-corrected chi connectivity index (χ1v) is 8.19. The summed E-state index contributed by atoms with van der Waals surface area (Å²) >= 11 is 5.95. The molecule has 3 atom stereocenters. The minimum absolute atomic E-state index is 0.276. The number of hydrogen-bond donors (Lipinski definition) is 1. The van der Waals surface area contributed by atoms with Crippen LogP contribution < -0.4 is 5.32 Å². The van der Waals surface area contributed by atoms with Gasteiger partial charge in [-0.25, -0.2) is 0 Å². The van der Waals surface area contributed by atoms with E-state index in [-0.39, 0.29) is 5.25 Å². The molecule has 0 aromatic heterocycles. The molecule has 0 aliphatic heterocycles. The molecule has 0 radical (unpaired) electrons. The summed E-state index contributed by atoms with van der Waals surface area (Å²) in [5, 5.41) is 4.46. The van der Waals surface area contributed by atoms with Gasteiger partial charge in [0, 0.05) is 21.2 Å². The van der Waals surface area contributed by atoms with E-state index in [0.29, 0.717) is 11.1 Å². The van der Waals surface area contributed by atoms with E-state index in [4.69, 9.17) is 11.6 Å². The second-order valence-electron chi connectivity index (χ2n) is 4.84. The molecule has 1 aliphatic carbocycles. The Morgan fingerprint density at radius 2 is 2.28 bits per heavy atom. The molecule has 18 heavy (non-hydrogen) atoms. The van der Waals surface area contributed by atoms with Gasteiger partial charge in [-0.05, 0) is 50.4 Å². The van der Waals surface area contributed by atoms with Gasteiger partial charge in [0.15, 0.2) is 0 Å². The molecule has 1 aromatic rings. The fourth-order valence-electron chi connectivity index (χ4n) is 2.45. The molecule has 1 saturated carbocycles. The first-order chi connectivity index (χ1) is 8.70. The largest absolute Gasteiger partial charge is 0.314 e. The van der Waals surface area contributed by atoms with Crippen molar-refractivity contribution in [2.24, 2.45) is 0 Å². The molecule has 1 fully saturated rings. The monoisotopic (exact) mass is 285 g/mol. The molecule has 0 spiro atoms. The Balaban J connectivity index is 1.95. The predicted octanol–water partition coefficient (Wildman–Crippen LogP) is 3.37. The molecule has 1 N–H and O–H groups in total. The molecule has 0 amide bonds. The number of halogens is 1. The van der Waals surface area contributed by atoms with Crippen molar-refractivity contribution in [1.82, 2.24) is 5.32 Å². The van der Waals surface area contributed by atoms with Gasteiger partial charge in [0.2, 0.25) is 0 Å². The van der Waals surface area contributed by atoms with E-state index in [2.05, 4.69) is 12.2 Å². The van der Waals surface area contributed by atoms with E-state index in [1.807, 2.05) is 24.3 Å². The molecule has 0 heterocycles. The lowest BCUT2D eigenvalue weighted by atomic mass is 10.2. The maximum Gasteiger partial charge on any atom is 0.0561 e. The van der Waals surface area contributed by atoms with Gasteiger partial charge in [-0.1, -0.05) is 24.6 Å². The zero-order valence-electron chi connectivity index (χ0n) is 10.7. The van der Waals surface area contributed by atoms with E-state index < -0.39 is 10.8 Å². The van der Waals surface area contributed by atoms with Gasteiger partial charge in [-0.3, -0.25) is 4.21 Å². The molecule has 2 nitrogen and oxygen atoms in total. The zero-order chi connectivity index (χ0) is 13.0. The fourth-order valence-corrected chi connectivity index (χ4v) is 4.31. The second kappa shape index (κ2) is 6.69. The lowest BCUT2D eigenvalue weighted by molar-refractivity contribution is 0.523. The van der Waals surface area contributed by atoms with Gasteiger partial charge in [0.25, 0.3) is 0 Å². The quantitative estimate of drug-likeness (QED) is 0.899. The third-order valence-corrected chi connectivity index (χ3v) is 5.39. The Kier molecular flexibility index (Phi) is 5.22. The van der Waals surface area contributed by atoms with Gasteiger partial charge in [-0.2, -0.15) is 0 Å². The minimum atomic E-state index is -0.920. The van der Waals surface area contributed by atoms with Crippen molar-refractivity contribution >= 4 is 22.4 Å². The van der Waals surface area contributed by atoms with Crippen molar-refractivity contribution in [3.05, 3.63) is 29.3 Å². The maximum absolute atomic E-state index is 12.4. The number of rotatable bonds is 5. The lowest BCUT2D eigenvalue weighted by Crippen LogP contribution is -2.28. The number of benzene rings is 1. The Morgan fingerprint density at radius 3 is 3.00 bits per heavy atom. The summed E-state index contributed by atoms with van der Waals surface area (Å²) in [4.78, 5) is 0.864. The van der Waals surface area contributed by atoms with Crippen molar-refractivity contribution in [3.63, 3.8) is 0 Å². The second-order valence-corrected chi connectivity index (χ2v) is 7.01. The Bertz CT molecular complexity index is 424. The Labute approximate surface area is 117 Å². The van der Waals surface area contributed by atoms with Crippen LogP contribution in [0.2, 0.25) is 5.02 Å². The number of nitrogens with one attached hydrogen (secondary N) is 1. The molecule has 0 saturated heterocycles. The molecule has 1 aromatic carbocycles. The van der Waals surface area contributed by atoms with Crippen molar-refractivity contribution in [2.75, 3.05) is 6.54 Å². The smallest absolute Gasteiger partial charge is 0.0561 e. The Hall–Kier alpha value is -0.380. The van der Waals surface area contributed by atoms with Gasteiger partial charge in [0.05, 0.1) is 10.8 Å². The van der Waals surface area contributed by atoms with Gasteiger partial charge < -0.3 is 5.32 Å². The van der Waals surface area contributed by atoms with Gasteiger partial charge in [0.1, 0.15) is 0 Å². The summed E-state index contributed by atoms with van der Waals surface area (Å²) in [6.07, 6.45) is 4.34. The first kappa shape index (κ1) is 14.0. The molecular weight excluding hydrogens is 266 g/mol. The molecule has 3 unspecified atom stereocenters. The number of hydrogen-bond acceptors (Lipinski definition) is 2. The van der Waals surface area contributed by atoms with Crippen molar-refractivity contribution in [2.45, 2.75) is 48.8 Å². The van der Waals surface area contributed by atoms with Crippen LogP contribution in [0.25, 0.3) is 0 Å². The molecular formula is C14H20ClNOS. The summed E-state index contributed by atoms with van der Waals surface area (Å²) in [5.41, 5.74) is 0. The van der Waals surface area contributed by atoms with E-state index >= 15 is 0 Å². The highest BCUT2D eigenvalue weighted by molar-refractivity contribution is 7.85. The first-order valence-electron chi connectivity index (χ1n) is 6.60. The van der Waals surface area contributed by atoms with E-state index in [9.17, 15) is 4.21 Å². The minimum Gasteiger partial charge on any atom is -0.314 e. The fraction of sp³-hybridized carbons (Fsp3) is 0.571. The van der Waals surface area contributed by atoms with E-state index in [1.165, 1.54) is 0 Å². The van der Waals surface area contributed by atoms with Crippen molar-refractivity contribution in [1.29, 1.82) is 0 Å². The van der Waals surface area contributed by atoms with Crippen LogP contribution in [0.1, 0.15) is 32.6 Å².